The summed E-state index contributed by atoms with van der Waals surface area (Å²) in [7, 11) is 1.98. The number of aromatic nitrogens is 4. The molecule has 1 saturated heterocycles. The Morgan fingerprint density at radius 3 is 2.95 bits per heavy atom. The number of likely N-dealkylation sites (tertiary alicyclic amines) is 1. The van der Waals surface area contributed by atoms with Crippen LogP contribution >= 0.6 is 11.3 Å². The van der Waals surface area contributed by atoms with Gasteiger partial charge in [-0.1, -0.05) is 0 Å². The smallest absolute Gasteiger partial charge is 0.266 e. The Hall–Kier alpha value is -1.80. The zero-order valence-corrected chi connectivity index (χ0v) is 13.4. The van der Waals surface area contributed by atoms with Crippen LogP contribution in [0.3, 0.4) is 0 Å². The highest BCUT2D eigenvalue weighted by molar-refractivity contribution is 7.12. The summed E-state index contributed by atoms with van der Waals surface area (Å²) in [4.78, 5) is 15.4. The lowest BCUT2D eigenvalue weighted by Gasteiger charge is -2.32. The van der Waals surface area contributed by atoms with Crippen molar-refractivity contribution in [3.63, 3.8) is 0 Å². The fraction of sp³-hybridized carbons (Fsp3) is 0.571. The zero-order valence-electron chi connectivity index (χ0n) is 12.6. The van der Waals surface area contributed by atoms with Gasteiger partial charge in [0.2, 0.25) is 0 Å². The molecule has 1 amide bonds. The molecule has 1 aliphatic heterocycles. The van der Waals surface area contributed by atoms with Gasteiger partial charge in [0.15, 0.2) is 0 Å². The molecule has 0 saturated carbocycles. The van der Waals surface area contributed by atoms with E-state index in [0.717, 1.165) is 44.1 Å². The molecule has 3 rings (SSSR count). The number of piperidine rings is 1. The average Bonchev–Trinajstić information content (AvgIpc) is 3.23. The maximum absolute atomic E-state index is 12.7. The van der Waals surface area contributed by atoms with E-state index < -0.39 is 0 Å². The number of tetrazole rings is 1. The monoisotopic (exact) mass is 320 g/mol. The molecule has 7 nitrogen and oxygen atoms in total. The first-order chi connectivity index (χ1) is 10.8. The topological polar surface area (TPSA) is 75.9 Å². The Labute approximate surface area is 133 Å². The van der Waals surface area contributed by atoms with Gasteiger partial charge in [-0.15, -0.1) is 16.4 Å². The molecule has 0 spiro atoms. The Bertz CT molecular complexity index is 603. The molecule has 22 heavy (non-hydrogen) atoms. The van der Waals surface area contributed by atoms with Crippen LogP contribution in [0.25, 0.3) is 5.69 Å². The average molecular weight is 320 g/mol. The second-order valence-electron chi connectivity index (χ2n) is 5.52. The van der Waals surface area contributed by atoms with Crippen molar-refractivity contribution in [3.05, 3.63) is 22.7 Å². The molecule has 8 heteroatoms. The van der Waals surface area contributed by atoms with Crippen LogP contribution in [0.1, 0.15) is 28.9 Å². The lowest BCUT2D eigenvalue weighted by atomic mass is 9.93. The maximum Gasteiger partial charge on any atom is 0.266 e. The molecule has 0 aromatic carbocycles. The van der Waals surface area contributed by atoms with Crippen molar-refractivity contribution in [1.82, 2.24) is 30.4 Å². The Kier molecular flexibility index (Phi) is 4.79. The largest absolute Gasteiger partial charge is 0.338 e. The lowest BCUT2D eigenvalue weighted by molar-refractivity contribution is 0.0692. The number of thiophene rings is 1. The fourth-order valence-electron chi connectivity index (χ4n) is 2.83. The van der Waals surface area contributed by atoms with Crippen molar-refractivity contribution in [2.45, 2.75) is 19.3 Å². The van der Waals surface area contributed by atoms with Gasteiger partial charge >= 0.3 is 0 Å². The van der Waals surface area contributed by atoms with E-state index in [2.05, 4.69) is 20.8 Å². The molecule has 0 aliphatic carbocycles. The van der Waals surface area contributed by atoms with Crippen LogP contribution in [0, 0.1) is 5.92 Å². The Morgan fingerprint density at radius 2 is 2.27 bits per heavy atom. The minimum atomic E-state index is 0.0903. The summed E-state index contributed by atoms with van der Waals surface area (Å²) in [6.07, 6.45) is 4.87. The summed E-state index contributed by atoms with van der Waals surface area (Å²) in [5, 5.41) is 16.2. The van der Waals surface area contributed by atoms with Gasteiger partial charge in [-0.25, -0.2) is 0 Å². The molecule has 3 heterocycles. The van der Waals surface area contributed by atoms with Crippen LogP contribution in [0.5, 0.6) is 0 Å². The number of carbonyl (C=O) groups is 1. The van der Waals surface area contributed by atoms with Gasteiger partial charge in [0, 0.05) is 13.1 Å². The zero-order chi connectivity index (χ0) is 15.4. The van der Waals surface area contributed by atoms with E-state index in [1.165, 1.54) is 24.1 Å². The molecule has 1 N–H and O–H groups in total. The third kappa shape index (κ3) is 3.17. The molecule has 0 atom stereocenters. The first-order valence-electron chi connectivity index (χ1n) is 7.54. The van der Waals surface area contributed by atoms with Crippen LogP contribution < -0.4 is 5.32 Å². The van der Waals surface area contributed by atoms with Crippen molar-refractivity contribution in [2.75, 3.05) is 26.7 Å². The van der Waals surface area contributed by atoms with Gasteiger partial charge in [0.05, 0.1) is 5.69 Å². The van der Waals surface area contributed by atoms with Gasteiger partial charge < -0.3 is 10.2 Å². The molecule has 0 bridgehead atoms. The standard InChI is InChI=1S/C14H20N6OS/c1-15-6-2-11-3-7-19(8-4-11)14(21)13-12(5-9-22-13)20-10-16-17-18-20/h5,9-11,15H,2-4,6-8H2,1H3. The van der Waals surface area contributed by atoms with Crippen molar-refractivity contribution in [3.8, 4) is 5.69 Å². The van der Waals surface area contributed by atoms with Gasteiger partial charge in [0.1, 0.15) is 11.2 Å². The number of hydrogen-bond acceptors (Lipinski definition) is 6. The number of hydrogen-bond donors (Lipinski definition) is 1. The fourth-order valence-corrected chi connectivity index (χ4v) is 3.68. The predicted octanol–water partition coefficient (Wildman–Crippen LogP) is 1.19. The van der Waals surface area contributed by atoms with Crippen LogP contribution in [0.4, 0.5) is 0 Å². The third-order valence-corrected chi connectivity index (χ3v) is 5.03. The van der Waals surface area contributed by atoms with Crippen molar-refractivity contribution < 1.29 is 4.79 Å². The van der Waals surface area contributed by atoms with E-state index in [9.17, 15) is 4.79 Å². The molecule has 2 aromatic heterocycles. The summed E-state index contributed by atoms with van der Waals surface area (Å²) >= 11 is 1.45. The molecular weight excluding hydrogens is 300 g/mol. The van der Waals surface area contributed by atoms with E-state index >= 15 is 0 Å². The number of rotatable bonds is 5. The highest BCUT2D eigenvalue weighted by atomic mass is 32.1. The molecule has 0 unspecified atom stereocenters. The molecule has 1 aliphatic rings. The summed E-state index contributed by atoms with van der Waals surface area (Å²) in [5.74, 6) is 0.811. The first kappa shape index (κ1) is 15.1. The molecule has 2 aromatic rings. The molecule has 118 valence electrons. The van der Waals surface area contributed by atoms with E-state index in [1.807, 2.05) is 23.4 Å². The summed E-state index contributed by atoms with van der Waals surface area (Å²) in [6.45, 7) is 2.72. The molecule has 0 radical (unpaired) electrons. The van der Waals surface area contributed by atoms with Crippen molar-refractivity contribution in [2.24, 2.45) is 5.92 Å². The molecular formula is C14H20N6OS. The van der Waals surface area contributed by atoms with Crippen molar-refractivity contribution in [1.29, 1.82) is 0 Å². The quantitative estimate of drug-likeness (QED) is 0.895. The van der Waals surface area contributed by atoms with Crippen LogP contribution in [-0.4, -0.2) is 57.7 Å². The third-order valence-electron chi connectivity index (χ3n) is 4.14. The van der Waals surface area contributed by atoms with Gasteiger partial charge in [-0.2, -0.15) is 4.68 Å². The van der Waals surface area contributed by atoms with Gasteiger partial charge in [-0.3, -0.25) is 4.79 Å². The van der Waals surface area contributed by atoms with Crippen molar-refractivity contribution >= 4 is 17.2 Å². The van der Waals surface area contributed by atoms with Crippen LogP contribution in [-0.2, 0) is 0 Å². The van der Waals surface area contributed by atoms with Gasteiger partial charge in [-0.05, 0) is 60.6 Å². The SMILES string of the molecule is CNCCC1CCN(C(=O)c2sccc2-n2cnnn2)CC1. The first-order valence-corrected chi connectivity index (χ1v) is 8.42. The number of nitrogens with zero attached hydrogens (tertiary/aromatic N) is 5. The second-order valence-corrected chi connectivity index (χ2v) is 6.43. The minimum absolute atomic E-state index is 0.0903. The minimum Gasteiger partial charge on any atom is -0.338 e. The summed E-state index contributed by atoms with van der Waals surface area (Å²) < 4.78 is 1.55. The summed E-state index contributed by atoms with van der Waals surface area (Å²) in [6, 6.07) is 1.88. The number of carbonyl (C=O) groups excluding carboxylic acids is 1. The predicted molar refractivity (Wildman–Crippen MR) is 84.2 cm³/mol. The van der Waals surface area contributed by atoms with E-state index in [-0.39, 0.29) is 5.91 Å². The molecule has 1 fully saturated rings. The summed E-state index contributed by atoms with van der Waals surface area (Å²) in [5.41, 5.74) is 0.761. The number of nitrogens with one attached hydrogen (secondary N) is 1. The van der Waals surface area contributed by atoms with Gasteiger partial charge in [0.25, 0.3) is 5.91 Å². The second kappa shape index (κ2) is 6.97. The van der Waals surface area contributed by atoms with Crippen LogP contribution in [0.2, 0.25) is 0 Å². The van der Waals surface area contributed by atoms with E-state index in [0.29, 0.717) is 4.88 Å². The van der Waals surface area contributed by atoms with E-state index in [4.69, 9.17) is 0 Å². The van der Waals surface area contributed by atoms with E-state index in [1.54, 1.807) is 4.68 Å². The Morgan fingerprint density at radius 1 is 1.45 bits per heavy atom. The Balaban J connectivity index is 1.65. The lowest BCUT2D eigenvalue weighted by Crippen LogP contribution is -2.39. The maximum atomic E-state index is 12.7. The normalized spacial score (nSPS) is 16.1. The number of amides is 1. The highest BCUT2D eigenvalue weighted by Gasteiger charge is 2.26. The highest BCUT2D eigenvalue weighted by Crippen LogP contribution is 2.26. The van der Waals surface area contributed by atoms with Crippen LogP contribution in [0.15, 0.2) is 17.8 Å².